The summed E-state index contributed by atoms with van der Waals surface area (Å²) < 4.78 is 1.66. The van der Waals surface area contributed by atoms with E-state index in [1.807, 2.05) is 6.20 Å². The lowest BCUT2D eigenvalue weighted by Gasteiger charge is -2.20. The minimum Gasteiger partial charge on any atom is -0.394 e. The van der Waals surface area contributed by atoms with E-state index in [9.17, 15) is 10.2 Å². The van der Waals surface area contributed by atoms with Gasteiger partial charge in [-0.3, -0.25) is 0 Å². The van der Waals surface area contributed by atoms with Crippen molar-refractivity contribution in [3.8, 4) is 0 Å². The van der Waals surface area contributed by atoms with E-state index in [4.69, 9.17) is 0 Å². The molecule has 0 radical (unpaired) electrons. The fourth-order valence-corrected chi connectivity index (χ4v) is 3.74. The van der Waals surface area contributed by atoms with Crippen molar-refractivity contribution in [2.24, 2.45) is 0 Å². The molecule has 1 heterocycles. The molecule has 0 unspecified atom stereocenters. The van der Waals surface area contributed by atoms with Crippen molar-refractivity contribution in [1.29, 1.82) is 0 Å². The molecule has 0 spiro atoms. The van der Waals surface area contributed by atoms with Crippen molar-refractivity contribution in [1.82, 2.24) is 15.0 Å². The zero-order valence-electron chi connectivity index (χ0n) is 18.5. The Morgan fingerprint density at radius 2 is 1.36 bits per heavy atom. The van der Waals surface area contributed by atoms with Crippen LogP contribution >= 0.6 is 0 Å². The maximum absolute atomic E-state index is 10.3. The van der Waals surface area contributed by atoms with Gasteiger partial charge < -0.3 is 10.2 Å². The van der Waals surface area contributed by atoms with Gasteiger partial charge in [-0.1, -0.05) is 103 Å². The number of aliphatic hydroxyl groups is 2. The van der Waals surface area contributed by atoms with Gasteiger partial charge in [0.15, 0.2) is 0 Å². The third-order valence-electron chi connectivity index (χ3n) is 5.67. The number of aromatic nitrogens is 3. The molecule has 0 aliphatic rings. The van der Waals surface area contributed by atoms with Crippen molar-refractivity contribution in [2.75, 3.05) is 6.61 Å². The van der Waals surface area contributed by atoms with Crippen LogP contribution in [0.3, 0.4) is 0 Å². The fourth-order valence-electron chi connectivity index (χ4n) is 3.74. The lowest BCUT2D eigenvalue weighted by Crippen LogP contribution is -2.27. The minimum atomic E-state index is -0.562. The van der Waals surface area contributed by atoms with Gasteiger partial charge in [-0.05, 0) is 19.3 Å². The van der Waals surface area contributed by atoms with E-state index in [0.29, 0.717) is 6.42 Å². The van der Waals surface area contributed by atoms with E-state index in [2.05, 4.69) is 24.2 Å². The van der Waals surface area contributed by atoms with Gasteiger partial charge in [-0.25, -0.2) is 4.68 Å². The molecule has 0 saturated heterocycles. The van der Waals surface area contributed by atoms with Gasteiger partial charge >= 0.3 is 0 Å². The molecule has 2 N–H and O–H groups in total. The van der Waals surface area contributed by atoms with Crippen LogP contribution in [0.15, 0.2) is 6.20 Å². The van der Waals surface area contributed by atoms with Crippen LogP contribution < -0.4 is 0 Å². The van der Waals surface area contributed by atoms with E-state index in [0.717, 1.165) is 37.8 Å². The third-order valence-corrected chi connectivity index (χ3v) is 5.67. The number of aliphatic hydroxyl groups excluding tert-OH is 2. The molecule has 164 valence electrons. The third kappa shape index (κ3) is 11.2. The van der Waals surface area contributed by atoms with Gasteiger partial charge in [-0.2, -0.15) is 0 Å². The molecule has 1 rings (SSSR count). The van der Waals surface area contributed by atoms with Gasteiger partial charge in [0.05, 0.1) is 18.4 Å². The van der Waals surface area contributed by atoms with Crippen molar-refractivity contribution >= 4 is 0 Å². The molecule has 2 atom stereocenters. The number of hydrogen-bond donors (Lipinski definition) is 2. The largest absolute Gasteiger partial charge is 0.394 e. The maximum atomic E-state index is 10.3. The average Bonchev–Trinajstić information content (AvgIpc) is 3.15. The highest BCUT2D eigenvalue weighted by atomic mass is 16.3. The molecule has 1 aromatic heterocycles. The van der Waals surface area contributed by atoms with Crippen LogP contribution in [0.1, 0.15) is 122 Å². The summed E-state index contributed by atoms with van der Waals surface area (Å²) in [5, 5.41) is 28.4. The first-order valence-electron chi connectivity index (χ1n) is 11.9. The normalized spacial score (nSPS) is 13.7. The molecule has 0 aromatic carbocycles. The zero-order valence-corrected chi connectivity index (χ0v) is 18.5. The number of hydrogen-bond acceptors (Lipinski definition) is 4. The van der Waals surface area contributed by atoms with Crippen LogP contribution in [0.2, 0.25) is 0 Å². The Kier molecular flexibility index (Phi) is 15.2. The first kappa shape index (κ1) is 25.1. The maximum Gasteiger partial charge on any atom is 0.103 e. The predicted molar refractivity (Wildman–Crippen MR) is 116 cm³/mol. The molecule has 0 aliphatic carbocycles. The Balaban J connectivity index is 2.14. The highest BCUT2D eigenvalue weighted by Crippen LogP contribution is 2.17. The van der Waals surface area contributed by atoms with Gasteiger partial charge in [0.2, 0.25) is 0 Å². The Hall–Kier alpha value is -0.940. The molecule has 1 aromatic rings. The van der Waals surface area contributed by atoms with Gasteiger partial charge in [-0.15, -0.1) is 5.10 Å². The molecular formula is C23H45N3O2. The number of rotatable bonds is 19. The van der Waals surface area contributed by atoms with Crippen molar-refractivity contribution in [3.63, 3.8) is 0 Å². The average molecular weight is 396 g/mol. The molecule has 5 heteroatoms. The SMILES string of the molecule is CCCCCCCCCCCCCc1cn([C@@H](CO)[C@H](O)CCCCC)nn1. The summed E-state index contributed by atoms with van der Waals surface area (Å²) >= 11 is 0. The summed E-state index contributed by atoms with van der Waals surface area (Å²) in [5.41, 5.74) is 0.968. The van der Waals surface area contributed by atoms with Crippen LogP contribution in [0.5, 0.6) is 0 Å². The van der Waals surface area contributed by atoms with E-state index in [-0.39, 0.29) is 12.6 Å². The highest BCUT2D eigenvalue weighted by molar-refractivity contribution is 4.94. The lowest BCUT2D eigenvalue weighted by atomic mass is 10.0. The van der Waals surface area contributed by atoms with Gasteiger partial charge in [0.1, 0.15) is 6.04 Å². The summed E-state index contributed by atoms with van der Waals surface area (Å²) in [6, 6.07) is -0.379. The van der Waals surface area contributed by atoms with Crippen molar-refractivity contribution < 1.29 is 10.2 Å². The number of nitrogens with zero attached hydrogens (tertiary/aromatic N) is 3. The van der Waals surface area contributed by atoms with Gasteiger partial charge in [0.25, 0.3) is 0 Å². The summed E-state index contributed by atoms with van der Waals surface area (Å²) in [7, 11) is 0. The van der Waals surface area contributed by atoms with Crippen LogP contribution in [0.4, 0.5) is 0 Å². The summed E-state index contributed by atoms with van der Waals surface area (Å²) in [6.07, 6.45) is 20.9. The second-order valence-electron chi connectivity index (χ2n) is 8.29. The molecule has 0 amide bonds. The highest BCUT2D eigenvalue weighted by Gasteiger charge is 2.21. The Labute approximate surface area is 172 Å². The first-order valence-corrected chi connectivity index (χ1v) is 11.9. The van der Waals surface area contributed by atoms with Crippen LogP contribution in [0, 0.1) is 0 Å². The van der Waals surface area contributed by atoms with Crippen LogP contribution in [-0.4, -0.2) is 37.9 Å². The standard InChI is InChI=1S/C23H45N3O2/c1-3-5-7-8-9-10-11-12-13-14-16-17-21-19-26(25-24-21)22(20-27)23(28)18-15-6-4-2/h19,22-23,27-28H,3-18,20H2,1-2H3/t22-,23+/m0/s1. The lowest BCUT2D eigenvalue weighted by molar-refractivity contribution is 0.0579. The van der Waals surface area contributed by atoms with Gasteiger partial charge in [0, 0.05) is 6.20 Å². The monoisotopic (exact) mass is 395 g/mol. The first-order chi connectivity index (χ1) is 13.7. The predicted octanol–water partition coefficient (Wildman–Crippen LogP) is 5.61. The second-order valence-corrected chi connectivity index (χ2v) is 8.29. The Morgan fingerprint density at radius 3 is 1.93 bits per heavy atom. The minimum absolute atomic E-state index is 0.103. The smallest absolute Gasteiger partial charge is 0.103 e. The molecule has 0 saturated carbocycles. The van der Waals surface area contributed by atoms with Crippen LogP contribution in [-0.2, 0) is 6.42 Å². The zero-order chi connectivity index (χ0) is 20.5. The molecule has 0 aliphatic heterocycles. The number of unbranched alkanes of at least 4 members (excludes halogenated alkanes) is 12. The quantitative estimate of drug-likeness (QED) is 0.299. The van der Waals surface area contributed by atoms with Crippen LogP contribution in [0.25, 0.3) is 0 Å². The van der Waals surface area contributed by atoms with E-state index in [1.54, 1.807) is 4.68 Å². The summed E-state index contributed by atoms with van der Waals surface area (Å²) in [5.74, 6) is 0. The van der Waals surface area contributed by atoms with E-state index in [1.165, 1.54) is 64.2 Å². The molecule has 0 fully saturated rings. The molecule has 0 bridgehead atoms. The number of aryl methyl sites for hydroxylation is 1. The van der Waals surface area contributed by atoms with E-state index >= 15 is 0 Å². The summed E-state index contributed by atoms with van der Waals surface area (Å²) in [6.45, 7) is 4.31. The fraction of sp³-hybridized carbons (Fsp3) is 0.913. The van der Waals surface area contributed by atoms with Crippen molar-refractivity contribution in [3.05, 3.63) is 11.9 Å². The molecule has 28 heavy (non-hydrogen) atoms. The Bertz CT molecular complexity index is 464. The summed E-state index contributed by atoms with van der Waals surface area (Å²) in [4.78, 5) is 0. The molecular weight excluding hydrogens is 350 g/mol. The second kappa shape index (κ2) is 17.0. The topological polar surface area (TPSA) is 71.2 Å². The molecule has 5 nitrogen and oxygen atoms in total. The van der Waals surface area contributed by atoms with E-state index < -0.39 is 6.10 Å². The Morgan fingerprint density at radius 1 is 0.821 bits per heavy atom. The van der Waals surface area contributed by atoms with Crippen molar-refractivity contribution in [2.45, 2.75) is 129 Å².